The molecule has 0 radical (unpaired) electrons. The molecule has 3 N–H and O–H groups in total. The van der Waals surface area contributed by atoms with E-state index >= 15 is 0 Å². The van der Waals surface area contributed by atoms with E-state index in [0.717, 1.165) is 28.0 Å². The molecular weight excluding hydrogens is 471 g/mol. The second-order valence-corrected chi connectivity index (χ2v) is 10.9. The van der Waals surface area contributed by atoms with Gasteiger partial charge in [0.05, 0.1) is 23.1 Å². The first-order chi connectivity index (χ1) is 17.4. The molecule has 0 saturated heterocycles. The molecule has 1 aromatic heterocycles. The van der Waals surface area contributed by atoms with Crippen molar-refractivity contribution in [2.75, 3.05) is 20.3 Å². The van der Waals surface area contributed by atoms with Crippen LogP contribution in [0, 0.1) is 18.2 Å². The minimum atomic E-state index is -1.04. The van der Waals surface area contributed by atoms with E-state index in [2.05, 4.69) is 20.6 Å². The molecule has 0 aliphatic heterocycles. The summed E-state index contributed by atoms with van der Waals surface area (Å²) in [6.45, 7) is 11.8. The Bertz CT molecular complexity index is 1260. The second kappa shape index (κ2) is 11.4. The molecule has 0 fully saturated rings. The van der Waals surface area contributed by atoms with Crippen LogP contribution in [0.2, 0.25) is 0 Å². The number of halogens is 1. The zero-order chi connectivity index (χ0) is 27.4. The summed E-state index contributed by atoms with van der Waals surface area (Å²) in [5, 5.41) is 5.80. The summed E-state index contributed by atoms with van der Waals surface area (Å²) in [6.07, 6.45) is 1.29. The number of hydrogen-bond donors (Lipinski definition) is 3. The van der Waals surface area contributed by atoms with Gasteiger partial charge in [-0.15, -0.1) is 0 Å². The number of fused-ring (bicyclic) bond motifs is 1. The fraction of sp³-hybridized carbons (Fsp3) is 0.483. The number of carbonyl (C=O) groups is 2. The average Bonchev–Trinajstić information content (AvgIpc) is 3.25. The maximum absolute atomic E-state index is 13.9. The van der Waals surface area contributed by atoms with Gasteiger partial charge < -0.3 is 20.4 Å². The molecule has 8 heteroatoms. The van der Waals surface area contributed by atoms with Gasteiger partial charge in [-0.3, -0.25) is 9.59 Å². The number of amides is 2. The van der Waals surface area contributed by atoms with Gasteiger partial charge in [0, 0.05) is 20.1 Å². The first kappa shape index (κ1) is 28.3. The van der Waals surface area contributed by atoms with E-state index in [1.54, 1.807) is 20.1 Å². The maximum Gasteiger partial charge on any atom is 0.243 e. The van der Waals surface area contributed by atoms with Crippen molar-refractivity contribution in [3.05, 3.63) is 64.7 Å². The molecule has 0 aliphatic rings. The summed E-state index contributed by atoms with van der Waals surface area (Å²) in [5.41, 5.74) is 2.42. The van der Waals surface area contributed by atoms with Gasteiger partial charge in [0.1, 0.15) is 17.7 Å². The predicted octanol–water partition coefficient (Wildman–Crippen LogP) is 4.37. The average molecular weight is 511 g/mol. The lowest BCUT2D eigenvalue weighted by atomic mass is 9.80. The molecule has 3 aromatic rings. The van der Waals surface area contributed by atoms with Gasteiger partial charge in [-0.2, -0.15) is 0 Å². The molecule has 0 saturated carbocycles. The fourth-order valence-corrected chi connectivity index (χ4v) is 4.51. The zero-order valence-corrected chi connectivity index (χ0v) is 22.9. The van der Waals surface area contributed by atoms with Crippen LogP contribution >= 0.6 is 0 Å². The summed E-state index contributed by atoms with van der Waals surface area (Å²) in [4.78, 5) is 34.4. The largest absolute Gasteiger partial charge is 0.383 e. The van der Waals surface area contributed by atoms with Crippen molar-refractivity contribution in [3.63, 3.8) is 0 Å². The van der Waals surface area contributed by atoms with Crippen molar-refractivity contribution in [2.24, 2.45) is 5.41 Å². The van der Waals surface area contributed by atoms with E-state index in [1.807, 2.05) is 58.9 Å². The topological polar surface area (TPSA) is 96.1 Å². The number of benzene rings is 2. The highest BCUT2D eigenvalue weighted by Crippen LogP contribution is 2.29. The highest BCUT2D eigenvalue weighted by atomic mass is 19.1. The number of aryl methyl sites for hydroxylation is 2. The first-order valence-electron chi connectivity index (χ1n) is 12.7. The number of ether oxygens (including phenoxy) is 1. The summed E-state index contributed by atoms with van der Waals surface area (Å²) in [6, 6.07) is 10.1. The van der Waals surface area contributed by atoms with E-state index in [-0.39, 0.29) is 24.2 Å². The molecule has 1 unspecified atom stereocenters. The van der Waals surface area contributed by atoms with Crippen LogP contribution in [0.1, 0.15) is 57.1 Å². The number of aromatic nitrogens is 2. The Labute approximate surface area is 218 Å². The highest BCUT2D eigenvalue weighted by molar-refractivity contribution is 5.94. The zero-order valence-electron chi connectivity index (χ0n) is 22.9. The van der Waals surface area contributed by atoms with Crippen molar-refractivity contribution < 1.29 is 18.7 Å². The van der Waals surface area contributed by atoms with Gasteiger partial charge in [-0.1, -0.05) is 39.0 Å². The molecule has 37 heavy (non-hydrogen) atoms. The number of nitrogens with one attached hydrogen (secondary N) is 3. The number of nitrogens with zero attached hydrogens (tertiary/aromatic N) is 1. The highest BCUT2D eigenvalue weighted by Gasteiger charge is 2.40. The van der Waals surface area contributed by atoms with Crippen LogP contribution in [-0.2, 0) is 32.6 Å². The van der Waals surface area contributed by atoms with Crippen LogP contribution in [-0.4, -0.2) is 48.1 Å². The number of imidazole rings is 1. The molecular formula is C29H39FN4O3. The third-order valence-electron chi connectivity index (χ3n) is 6.87. The minimum Gasteiger partial charge on any atom is -0.383 e. The van der Waals surface area contributed by atoms with Crippen LogP contribution in [0.25, 0.3) is 11.0 Å². The summed E-state index contributed by atoms with van der Waals surface area (Å²) in [7, 11) is 1.55. The van der Waals surface area contributed by atoms with Gasteiger partial charge in [0.15, 0.2) is 0 Å². The molecule has 2 amide bonds. The Morgan fingerprint density at radius 1 is 1.14 bits per heavy atom. The molecule has 0 spiro atoms. The van der Waals surface area contributed by atoms with E-state index in [1.165, 1.54) is 6.07 Å². The van der Waals surface area contributed by atoms with Crippen LogP contribution in [0.3, 0.4) is 0 Å². The number of H-pyrrole nitrogens is 1. The number of hydrogen-bond acceptors (Lipinski definition) is 4. The van der Waals surface area contributed by atoms with Crippen molar-refractivity contribution >= 4 is 22.8 Å². The number of aromatic amines is 1. The fourth-order valence-electron chi connectivity index (χ4n) is 4.51. The van der Waals surface area contributed by atoms with Crippen molar-refractivity contribution in [3.8, 4) is 0 Å². The van der Waals surface area contributed by atoms with Crippen LogP contribution in [0.15, 0.2) is 36.4 Å². The third kappa shape index (κ3) is 6.36. The molecule has 7 nitrogen and oxygen atoms in total. The van der Waals surface area contributed by atoms with Crippen LogP contribution in [0.5, 0.6) is 0 Å². The van der Waals surface area contributed by atoms with E-state index in [4.69, 9.17) is 4.74 Å². The quantitative estimate of drug-likeness (QED) is 0.378. The Kier molecular flexibility index (Phi) is 8.74. The summed E-state index contributed by atoms with van der Waals surface area (Å²) in [5.74, 6) is 0.0765. The Morgan fingerprint density at radius 2 is 1.86 bits per heavy atom. The normalized spacial score (nSPS) is 14.3. The Balaban J connectivity index is 1.87. The van der Waals surface area contributed by atoms with Crippen LogP contribution < -0.4 is 10.6 Å². The van der Waals surface area contributed by atoms with Gasteiger partial charge in [-0.05, 0) is 67.5 Å². The smallest absolute Gasteiger partial charge is 0.243 e. The van der Waals surface area contributed by atoms with Crippen molar-refractivity contribution in [1.29, 1.82) is 0 Å². The van der Waals surface area contributed by atoms with E-state index < -0.39 is 16.9 Å². The van der Waals surface area contributed by atoms with E-state index in [9.17, 15) is 14.0 Å². The molecule has 1 heterocycles. The minimum absolute atomic E-state index is 0.135. The second-order valence-electron chi connectivity index (χ2n) is 10.9. The molecule has 2 aromatic carbocycles. The Hall–Kier alpha value is -3.26. The van der Waals surface area contributed by atoms with Gasteiger partial charge in [0.25, 0.3) is 0 Å². The SMILES string of the molecule is CCNC(=O)[C@H](NC(=O)C(C)(COC)c1ccc2nc(CCc3cccc(F)c3C)[nH]c2c1)C(C)(C)C. The first-order valence-corrected chi connectivity index (χ1v) is 12.7. The Morgan fingerprint density at radius 3 is 2.51 bits per heavy atom. The monoisotopic (exact) mass is 510 g/mol. The molecule has 0 aliphatic carbocycles. The molecule has 0 bridgehead atoms. The van der Waals surface area contributed by atoms with Crippen molar-refractivity contribution in [1.82, 2.24) is 20.6 Å². The maximum atomic E-state index is 13.9. The third-order valence-corrected chi connectivity index (χ3v) is 6.87. The number of rotatable bonds is 10. The lowest BCUT2D eigenvalue weighted by molar-refractivity contribution is -0.135. The standard InChI is InChI=1S/C29H39FN4O3/c1-8-31-26(35)25(28(3,4)5)34-27(36)29(6,17-37-7)20-13-14-22-23(16-20)33-24(32-22)15-12-19-10-9-11-21(30)18(19)2/h9-11,13-14,16,25H,8,12,15,17H2,1-7H3,(H,31,35)(H,32,33)(H,34,36)/t25-,29?/m0/s1. The van der Waals surface area contributed by atoms with Crippen LogP contribution in [0.4, 0.5) is 4.39 Å². The molecule has 200 valence electrons. The predicted molar refractivity (Wildman–Crippen MR) is 144 cm³/mol. The lowest BCUT2D eigenvalue weighted by Gasteiger charge is -2.35. The van der Waals surface area contributed by atoms with Gasteiger partial charge >= 0.3 is 0 Å². The summed E-state index contributed by atoms with van der Waals surface area (Å²) >= 11 is 0. The number of likely N-dealkylation sites (N-methyl/N-ethyl adjacent to an activating group) is 1. The van der Waals surface area contributed by atoms with Gasteiger partial charge in [-0.25, -0.2) is 9.37 Å². The molecule has 2 atom stereocenters. The van der Waals surface area contributed by atoms with E-state index in [0.29, 0.717) is 24.9 Å². The molecule has 3 rings (SSSR count). The number of carbonyl (C=O) groups excluding carboxylic acids is 2. The lowest BCUT2D eigenvalue weighted by Crippen LogP contribution is -2.58. The van der Waals surface area contributed by atoms with Crippen molar-refractivity contribution in [2.45, 2.75) is 65.8 Å². The number of methoxy groups -OCH3 is 1. The summed E-state index contributed by atoms with van der Waals surface area (Å²) < 4.78 is 19.4. The van der Waals surface area contributed by atoms with Gasteiger partial charge in [0.2, 0.25) is 11.8 Å².